The number of aliphatic hydroxyl groups is 1. The van der Waals surface area contributed by atoms with Crippen LogP contribution in [0.1, 0.15) is 22.7 Å². The average Bonchev–Trinajstić information content (AvgIpc) is 3.27. The van der Waals surface area contributed by atoms with Crippen molar-refractivity contribution in [2.75, 3.05) is 51.2 Å². The first-order valence-corrected chi connectivity index (χ1v) is 11.9. The predicted molar refractivity (Wildman–Crippen MR) is 130 cm³/mol. The fourth-order valence-corrected chi connectivity index (χ4v) is 4.75. The number of anilines is 1. The minimum atomic E-state index is -0.270. The summed E-state index contributed by atoms with van der Waals surface area (Å²) in [5.41, 5.74) is 4.14. The molecule has 9 nitrogen and oxygen atoms in total. The molecule has 9 heteroatoms. The van der Waals surface area contributed by atoms with Gasteiger partial charge >= 0.3 is 0 Å². The Hall–Kier alpha value is -3.27. The molecule has 1 atom stereocenters. The Balaban J connectivity index is 1.30. The number of rotatable bonds is 7. The second kappa shape index (κ2) is 10.3. The first kappa shape index (κ1) is 22.5. The van der Waals surface area contributed by atoms with Crippen LogP contribution in [0, 0.1) is 0 Å². The van der Waals surface area contributed by atoms with Crippen LogP contribution in [0.4, 0.5) is 5.82 Å². The predicted octanol–water partition coefficient (Wildman–Crippen LogP) is 1.22. The van der Waals surface area contributed by atoms with E-state index in [4.69, 9.17) is 0 Å². The van der Waals surface area contributed by atoms with Crippen LogP contribution >= 0.6 is 0 Å². The summed E-state index contributed by atoms with van der Waals surface area (Å²) in [4.78, 5) is 21.5. The first-order chi connectivity index (χ1) is 16.7. The van der Waals surface area contributed by atoms with Gasteiger partial charge in [-0.1, -0.05) is 36.4 Å². The van der Waals surface area contributed by atoms with Crippen LogP contribution in [-0.4, -0.2) is 81.3 Å². The van der Waals surface area contributed by atoms with Crippen LogP contribution in [0.2, 0.25) is 0 Å². The van der Waals surface area contributed by atoms with E-state index in [0.29, 0.717) is 18.9 Å². The highest BCUT2D eigenvalue weighted by Gasteiger charge is 2.25. The number of hydrogen-bond donors (Lipinski definition) is 3. The Labute approximate surface area is 199 Å². The zero-order chi connectivity index (χ0) is 23.3. The summed E-state index contributed by atoms with van der Waals surface area (Å²) in [7, 11) is 0. The van der Waals surface area contributed by atoms with E-state index in [1.165, 1.54) is 6.33 Å². The van der Waals surface area contributed by atoms with E-state index >= 15 is 0 Å². The highest BCUT2D eigenvalue weighted by Crippen LogP contribution is 2.30. The third kappa shape index (κ3) is 4.82. The van der Waals surface area contributed by atoms with E-state index < -0.39 is 0 Å². The Morgan fingerprint density at radius 3 is 2.82 bits per heavy atom. The van der Waals surface area contributed by atoms with Crippen LogP contribution in [0.15, 0.2) is 55.0 Å². The molecule has 1 saturated heterocycles. The molecule has 0 saturated carbocycles. The summed E-state index contributed by atoms with van der Waals surface area (Å²) in [6.07, 6.45) is 7.92. The van der Waals surface area contributed by atoms with Crippen LogP contribution in [0.5, 0.6) is 0 Å². The number of benzene rings is 1. The Morgan fingerprint density at radius 1 is 1.21 bits per heavy atom. The molecule has 2 aliphatic rings. The van der Waals surface area contributed by atoms with Crippen molar-refractivity contribution in [3.8, 4) is 0 Å². The lowest BCUT2D eigenvalue weighted by Gasteiger charge is -2.27. The van der Waals surface area contributed by atoms with E-state index in [2.05, 4.69) is 25.6 Å². The number of piperazine rings is 1. The monoisotopic (exact) mass is 461 g/mol. The summed E-state index contributed by atoms with van der Waals surface area (Å²) in [5.74, 6) is 0.736. The van der Waals surface area contributed by atoms with E-state index in [-0.39, 0.29) is 18.6 Å². The summed E-state index contributed by atoms with van der Waals surface area (Å²) < 4.78 is 1.83. The highest BCUT2D eigenvalue weighted by atomic mass is 16.3. The van der Waals surface area contributed by atoms with Crippen LogP contribution in [0.25, 0.3) is 5.52 Å². The molecule has 1 aromatic carbocycles. The van der Waals surface area contributed by atoms with Gasteiger partial charge in [-0.15, -0.1) is 0 Å². The van der Waals surface area contributed by atoms with Gasteiger partial charge in [0.15, 0.2) is 5.82 Å². The molecule has 5 rings (SSSR count). The lowest BCUT2D eigenvalue weighted by atomic mass is 10.0. The van der Waals surface area contributed by atoms with Gasteiger partial charge in [-0.05, 0) is 23.1 Å². The number of hydrogen-bond acceptors (Lipinski definition) is 7. The molecule has 3 N–H and O–H groups in total. The van der Waals surface area contributed by atoms with Gasteiger partial charge in [-0.25, -0.2) is 9.50 Å². The molecule has 2 aliphatic heterocycles. The quantitative estimate of drug-likeness (QED) is 0.455. The number of carbonyl (C=O) groups excluding carboxylic acids is 1. The molecule has 0 radical (unpaired) electrons. The third-order valence-corrected chi connectivity index (χ3v) is 6.60. The standard InChI is InChI=1S/C25H31N7O2/c33-17-22(19-5-2-1-3-6-19)29-25-24-21-8-12-31(15-20(21)16-32(24)28-18-27-25)23(34)7-4-11-30-13-9-26-10-14-30/h1-7,16,18,22,26,33H,8-15,17H2,(H,27,28,29). The summed E-state index contributed by atoms with van der Waals surface area (Å²) >= 11 is 0. The van der Waals surface area contributed by atoms with Gasteiger partial charge < -0.3 is 20.6 Å². The number of carbonyl (C=O) groups is 1. The Morgan fingerprint density at radius 2 is 2.03 bits per heavy atom. The maximum absolute atomic E-state index is 12.8. The fraction of sp³-hybridized carbons (Fsp3) is 0.400. The van der Waals surface area contributed by atoms with Crippen LogP contribution < -0.4 is 10.6 Å². The first-order valence-electron chi connectivity index (χ1n) is 11.9. The van der Waals surface area contributed by atoms with Gasteiger partial charge in [0, 0.05) is 58.1 Å². The molecule has 34 heavy (non-hydrogen) atoms. The normalized spacial score (nSPS) is 17.7. The molecule has 2 aromatic heterocycles. The fourth-order valence-electron chi connectivity index (χ4n) is 4.75. The van der Waals surface area contributed by atoms with Crippen LogP contribution in [0.3, 0.4) is 0 Å². The maximum atomic E-state index is 12.8. The summed E-state index contributed by atoms with van der Waals surface area (Å²) in [6.45, 7) is 6.00. The van der Waals surface area contributed by atoms with Crippen LogP contribution in [-0.2, 0) is 17.8 Å². The van der Waals surface area contributed by atoms with Crippen molar-refractivity contribution in [2.45, 2.75) is 19.0 Å². The smallest absolute Gasteiger partial charge is 0.246 e. The van der Waals surface area contributed by atoms with Gasteiger partial charge in [0.05, 0.1) is 12.6 Å². The number of nitrogens with zero attached hydrogens (tertiary/aromatic N) is 5. The minimum Gasteiger partial charge on any atom is -0.394 e. The number of amides is 1. The van der Waals surface area contributed by atoms with Crippen molar-refractivity contribution < 1.29 is 9.90 Å². The van der Waals surface area contributed by atoms with Crippen molar-refractivity contribution in [2.24, 2.45) is 0 Å². The van der Waals surface area contributed by atoms with Gasteiger partial charge in [-0.2, -0.15) is 5.10 Å². The second-order valence-corrected chi connectivity index (χ2v) is 8.79. The highest BCUT2D eigenvalue weighted by molar-refractivity contribution is 5.88. The lowest BCUT2D eigenvalue weighted by Crippen LogP contribution is -2.43. The SMILES string of the molecule is O=C(C=CCN1CCNCC1)N1CCc2c(cn3ncnc(NC(CO)c4ccccc4)c23)C1. The second-order valence-electron chi connectivity index (χ2n) is 8.79. The molecular weight excluding hydrogens is 430 g/mol. The Kier molecular flexibility index (Phi) is 6.84. The molecule has 0 spiro atoms. The van der Waals surface area contributed by atoms with Gasteiger partial charge in [0.1, 0.15) is 11.8 Å². The molecule has 1 amide bonds. The molecule has 3 aromatic rings. The Bertz CT molecular complexity index is 1150. The molecular formula is C25H31N7O2. The number of fused-ring (bicyclic) bond motifs is 3. The zero-order valence-electron chi connectivity index (χ0n) is 19.2. The molecule has 1 fully saturated rings. The van der Waals surface area contributed by atoms with E-state index in [1.54, 1.807) is 6.08 Å². The van der Waals surface area contributed by atoms with E-state index in [0.717, 1.165) is 61.4 Å². The molecule has 0 aliphatic carbocycles. The van der Waals surface area contributed by atoms with Crippen molar-refractivity contribution in [1.29, 1.82) is 0 Å². The zero-order valence-corrected chi connectivity index (χ0v) is 19.2. The number of nitrogens with one attached hydrogen (secondary N) is 2. The van der Waals surface area contributed by atoms with Gasteiger partial charge in [0.25, 0.3) is 0 Å². The van der Waals surface area contributed by atoms with Crippen molar-refractivity contribution in [1.82, 2.24) is 29.7 Å². The van der Waals surface area contributed by atoms with Crippen molar-refractivity contribution in [3.63, 3.8) is 0 Å². The van der Waals surface area contributed by atoms with Crippen molar-refractivity contribution >= 4 is 17.2 Å². The third-order valence-electron chi connectivity index (χ3n) is 6.60. The molecule has 1 unspecified atom stereocenters. The summed E-state index contributed by atoms with van der Waals surface area (Å²) in [6, 6.07) is 9.57. The maximum Gasteiger partial charge on any atom is 0.246 e. The van der Waals surface area contributed by atoms with Gasteiger partial charge in [-0.3, -0.25) is 9.69 Å². The van der Waals surface area contributed by atoms with E-state index in [9.17, 15) is 9.90 Å². The van der Waals surface area contributed by atoms with Crippen molar-refractivity contribution in [3.05, 3.63) is 71.7 Å². The average molecular weight is 462 g/mol. The minimum absolute atomic E-state index is 0.0462. The largest absolute Gasteiger partial charge is 0.394 e. The molecule has 178 valence electrons. The number of aliphatic hydroxyl groups excluding tert-OH is 1. The number of aromatic nitrogens is 3. The van der Waals surface area contributed by atoms with E-state index in [1.807, 2.05) is 52.0 Å². The lowest BCUT2D eigenvalue weighted by molar-refractivity contribution is -0.126. The van der Waals surface area contributed by atoms with Gasteiger partial charge in [0.2, 0.25) is 5.91 Å². The summed E-state index contributed by atoms with van der Waals surface area (Å²) in [5, 5.41) is 21.1. The molecule has 4 heterocycles. The topological polar surface area (TPSA) is 98.0 Å². The molecule has 0 bridgehead atoms.